The van der Waals surface area contributed by atoms with E-state index in [0.29, 0.717) is 15.7 Å². The second-order valence-corrected chi connectivity index (χ2v) is 6.99. The summed E-state index contributed by atoms with van der Waals surface area (Å²) in [5.74, 6) is 0.00830. The van der Waals surface area contributed by atoms with Gasteiger partial charge in [-0.25, -0.2) is 0 Å². The van der Waals surface area contributed by atoms with Crippen LogP contribution in [0.1, 0.15) is 21.7 Å². The van der Waals surface area contributed by atoms with Gasteiger partial charge in [-0.15, -0.1) is 10.2 Å². The van der Waals surface area contributed by atoms with Gasteiger partial charge in [-0.1, -0.05) is 41.3 Å². The molecule has 0 radical (unpaired) electrons. The molecule has 0 bridgehead atoms. The zero-order chi connectivity index (χ0) is 17.9. The molecule has 0 saturated heterocycles. The van der Waals surface area contributed by atoms with E-state index in [9.17, 15) is 18.0 Å². The third-order valence-electron chi connectivity index (χ3n) is 2.99. The summed E-state index contributed by atoms with van der Waals surface area (Å²) in [7, 11) is 0. The van der Waals surface area contributed by atoms with E-state index < -0.39 is 17.6 Å². The van der Waals surface area contributed by atoms with Gasteiger partial charge in [-0.2, -0.15) is 13.2 Å². The number of aromatic nitrogens is 2. The molecular weight excluding hydrogens is 375 g/mol. The van der Waals surface area contributed by atoms with Crippen LogP contribution in [0.3, 0.4) is 0 Å². The van der Waals surface area contributed by atoms with Crippen LogP contribution < -0.4 is 5.32 Å². The molecule has 0 saturated carbocycles. The molecule has 0 aliphatic carbocycles. The molecule has 2 aromatic heterocycles. The van der Waals surface area contributed by atoms with E-state index >= 15 is 0 Å². The molecule has 10 heteroatoms. The van der Waals surface area contributed by atoms with Crippen molar-refractivity contribution in [2.45, 2.75) is 16.3 Å². The molecule has 0 unspecified atom stereocenters. The Hall–Kier alpha value is -2.33. The summed E-state index contributed by atoms with van der Waals surface area (Å²) in [6.45, 7) is 0. The third kappa shape index (κ3) is 4.60. The van der Waals surface area contributed by atoms with Crippen LogP contribution in [0, 0.1) is 0 Å². The number of benzene rings is 1. The van der Waals surface area contributed by atoms with Gasteiger partial charge in [0.05, 0.1) is 11.8 Å². The van der Waals surface area contributed by atoms with E-state index in [1.807, 2.05) is 0 Å². The van der Waals surface area contributed by atoms with Crippen LogP contribution in [0.5, 0.6) is 0 Å². The molecule has 3 aromatic rings. The summed E-state index contributed by atoms with van der Waals surface area (Å²) >= 11 is 2.37. The van der Waals surface area contributed by atoms with Crippen LogP contribution in [-0.4, -0.2) is 16.1 Å². The fourth-order valence-electron chi connectivity index (χ4n) is 1.87. The maximum absolute atomic E-state index is 12.7. The average Bonchev–Trinajstić information content (AvgIpc) is 3.24. The Morgan fingerprint density at radius 3 is 2.80 bits per heavy atom. The lowest BCUT2D eigenvalue weighted by Crippen LogP contribution is -2.10. The first-order valence-corrected chi connectivity index (χ1v) is 8.69. The van der Waals surface area contributed by atoms with Gasteiger partial charge < -0.3 is 4.42 Å². The number of amides is 1. The monoisotopic (exact) mass is 385 g/mol. The number of nitrogens with one attached hydrogen (secondary N) is 1. The van der Waals surface area contributed by atoms with Gasteiger partial charge in [0.25, 0.3) is 5.91 Å². The van der Waals surface area contributed by atoms with Crippen LogP contribution in [0.15, 0.2) is 51.4 Å². The highest BCUT2D eigenvalue weighted by atomic mass is 32.2. The molecule has 25 heavy (non-hydrogen) atoms. The molecule has 1 aromatic carbocycles. The predicted molar refractivity (Wildman–Crippen MR) is 87.6 cm³/mol. The lowest BCUT2D eigenvalue weighted by atomic mass is 10.1. The van der Waals surface area contributed by atoms with E-state index in [1.54, 1.807) is 12.1 Å². The lowest BCUT2D eigenvalue weighted by molar-refractivity contribution is -0.137. The van der Waals surface area contributed by atoms with Crippen molar-refractivity contribution in [2.24, 2.45) is 0 Å². The van der Waals surface area contributed by atoms with Crippen molar-refractivity contribution in [3.8, 4) is 0 Å². The van der Waals surface area contributed by atoms with Crippen molar-refractivity contribution in [3.63, 3.8) is 0 Å². The standard InChI is InChI=1S/C15H10F3N3O2S2/c16-15(17,18)10-4-1-3-9(7-10)8-24-14-21-20-13(25-14)19-12(22)11-5-2-6-23-11/h1-7H,8H2,(H,19,20,22). The van der Waals surface area contributed by atoms with E-state index in [0.717, 1.165) is 23.5 Å². The van der Waals surface area contributed by atoms with Crippen molar-refractivity contribution in [3.05, 3.63) is 59.5 Å². The second-order valence-electron chi connectivity index (χ2n) is 4.79. The lowest BCUT2D eigenvalue weighted by Gasteiger charge is -2.07. The highest BCUT2D eigenvalue weighted by molar-refractivity contribution is 8.00. The molecule has 0 aliphatic heterocycles. The number of hydrogen-bond donors (Lipinski definition) is 1. The fraction of sp³-hybridized carbons (Fsp3) is 0.133. The van der Waals surface area contributed by atoms with Crippen LogP contribution >= 0.6 is 23.1 Å². The van der Waals surface area contributed by atoms with Crippen LogP contribution in [-0.2, 0) is 11.9 Å². The van der Waals surface area contributed by atoms with Gasteiger partial charge in [0.1, 0.15) is 0 Å². The minimum atomic E-state index is -4.37. The molecule has 1 N–H and O–H groups in total. The van der Waals surface area contributed by atoms with Gasteiger partial charge in [0, 0.05) is 5.75 Å². The quantitative estimate of drug-likeness (QED) is 0.510. The molecule has 0 spiro atoms. The number of hydrogen-bond acceptors (Lipinski definition) is 6. The number of thioether (sulfide) groups is 1. The Morgan fingerprint density at radius 1 is 1.24 bits per heavy atom. The van der Waals surface area contributed by atoms with Gasteiger partial charge in [0.2, 0.25) is 5.13 Å². The number of nitrogens with zero attached hydrogens (tertiary/aromatic N) is 2. The van der Waals surface area contributed by atoms with Crippen molar-refractivity contribution >= 4 is 34.1 Å². The van der Waals surface area contributed by atoms with Crippen molar-refractivity contribution < 1.29 is 22.4 Å². The Labute approximate surface area is 148 Å². The zero-order valence-corrected chi connectivity index (χ0v) is 14.0. The van der Waals surface area contributed by atoms with Crippen LogP contribution in [0.4, 0.5) is 18.3 Å². The molecule has 2 heterocycles. The summed E-state index contributed by atoms with van der Waals surface area (Å²) < 4.78 is 43.6. The molecule has 1 amide bonds. The first-order valence-electron chi connectivity index (χ1n) is 6.89. The number of anilines is 1. The van der Waals surface area contributed by atoms with Gasteiger partial charge in [-0.3, -0.25) is 10.1 Å². The normalized spacial score (nSPS) is 11.5. The molecule has 3 rings (SSSR count). The second kappa shape index (κ2) is 7.28. The largest absolute Gasteiger partial charge is 0.459 e. The Balaban J connectivity index is 1.60. The molecular formula is C15H10F3N3O2S2. The summed E-state index contributed by atoms with van der Waals surface area (Å²) in [6.07, 6.45) is -2.99. The molecule has 0 atom stereocenters. The fourth-order valence-corrected chi connectivity index (χ4v) is 3.56. The van der Waals surface area contributed by atoms with E-state index in [4.69, 9.17) is 4.42 Å². The number of carbonyl (C=O) groups excluding carboxylic acids is 1. The first kappa shape index (κ1) is 17.5. The molecule has 0 fully saturated rings. The van der Waals surface area contributed by atoms with Crippen LogP contribution in [0.25, 0.3) is 0 Å². The Morgan fingerprint density at radius 2 is 2.08 bits per heavy atom. The Bertz CT molecular complexity index is 863. The van der Waals surface area contributed by atoms with Gasteiger partial charge in [0.15, 0.2) is 10.1 Å². The maximum Gasteiger partial charge on any atom is 0.416 e. The minimum absolute atomic E-state index is 0.147. The third-order valence-corrected chi connectivity index (χ3v) is 5.03. The molecule has 5 nitrogen and oxygen atoms in total. The summed E-state index contributed by atoms with van der Waals surface area (Å²) in [5, 5.41) is 10.6. The highest BCUT2D eigenvalue weighted by Gasteiger charge is 2.30. The number of carbonyl (C=O) groups is 1. The number of rotatable bonds is 5. The van der Waals surface area contributed by atoms with Crippen molar-refractivity contribution in [2.75, 3.05) is 5.32 Å². The van der Waals surface area contributed by atoms with E-state index in [2.05, 4.69) is 15.5 Å². The van der Waals surface area contributed by atoms with Crippen molar-refractivity contribution in [1.29, 1.82) is 0 Å². The summed E-state index contributed by atoms with van der Waals surface area (Å²) in [6, 6.07) is 8.22. The van der Waals surface area contributed by atoms with Gasteiger partial charge >= 0.3 is 6.18 Å². The van der Waals surface area contributed by atoms with E-state index in [-0.39, 0.29) is 10.9 Å². The van der Waals surface area contributed by atoms with Gasteiger partial charge in [-0.05, 0) is 23.8 Å². The predicted octanol–water partition coefficient (Wildman–Crippen LogP) is 4.69. The number of furan rings is 1. The number of alkyl halides is 3. The SMILES string of the molecule is O=C(Nc1nnc(SCc2cccc(C(F)(F)F)c2)s1)c1ccco1. The topological polar surface area (TPSA) is 68.0 Å². The zero-order valence-electron chi connectivity index (χ0n) is 12.4. The van der Waals surface area contributed by atoms with Crippen LogP contribution in [0.2, 0.25) is 0 Å². The Kier molecular flexibility index (Phi) is 5.09. The number of halogens is 3. The van der Waals surface area contributed by atoms with E-state index in [1.165, 1.54) is 30.2 Å². The van der Waals surface area contributed by atoms with Crippen molar-refractivity contribution in [1.82, 2.24) is 10.2 Å². The maximum atomic E-state index is 12.7. The molecule has 130 valence electrons. The minimum Gasteiger partial charge on any atom is -0.459 e. The summed E-state index contributed by atoms with van der Waals surface area (Å²) in [4.78, 5) is 11.8. The first-order chi connectivity index (χ1) is 11.9. The smallest absolute Gasteiger partial charge is 0.416 e. The molecule has 0 aliphatic rings. The average molecular weight is 385 g/mol. The highest BCUT2D eigenvalue weighted by Crippen LogP contribution is 2.32. The summed E-state index contributed by atoms with van der Waals surface area (Å²) in [5.41, 5.74) is -0.162.